The van der Waals surface area contributed by atoms with Crippen molar-refractivity contribution in [2.24, 2.45) is 0 Å². The van der Waals surface area contributed by atoms with Crippen molar-refractivity contribution in [3.8, 4) is 5.69 Å². The molecule has 26 heavy (non-hydrogen) atoms. The highest BCUT2D eigenvalue weighted by molar-refractivity contribution is 5.37. The van der Waals surface area contributed by atoms with Gasteiger partial charge in [0.1, 0.15) is 5.82 Å². The van der Waals surface area contributed by atoms with Crippen molar-refractivity contribution in [3.63, 3.8) is 0 Å². The third-order valence-electron chi connectivity index (χ3n) is 5.15. The number of nitrogens with zero attached hydrogens (tertiary/aromatic N) is 3. The van der Waals surface area contributed by atoms with E-state index < -0.39 is 0 Å². The third-order valence-corrected chi connectivity index (χ3v) is 5.15. The summed E-state index contributed by atoms with van der Waals surface area (Å²) >= 11 is 0. The van der Waals surface area contributed by atoms with E-state index in [1.54, 1.807) is 12.1 Å². The Labute approximate surface area is 157 Å². The molecule has 0 unspecified atom stereocenters. The van der Waals surface area contributed by atoms with Crippen LogP contribution in [0.2, 0.25) is 0 Å². The van der Waals surface area contributed by atoms with Gasteiger partial charge >= 0.3 is 0 Å². The van der Waals surface area contributed by atoms with Crippen LogP contribution in [-0.4, -0.2) is 40.4 Å². The van der Waals surface area contributed by atoms with Crippen molar-refractivity contribution in [2.75, 3.05) is 19.6 Å². The molecule has 0 bridgehead atoms. The summed E-state index contributed by atoms with van der Waals surface area (Å²) in [5, 5.41) is 8.28. The van der Waals surface area contributed by atoms with Gasteiger partial charge in [-0.15, -0.1) is 0 Å². The smallest absolute Gasteiger partial charge is 0.123 e. The molecule has 144 valence electrons. The number of rotatable bonds is 10. The fourth-order valence-electron chi connectivity index (χ4n) is 3.30. The molecule has 0 amide bonds. The highest BCUT2D eigenvalue weighted by atomic mass is 19.1. The van der Waals surface area contributed by atoms with E-state index >= 15 is 0 Å². The van der Waals surface area contributed by atoms with Gasteiger partial charge in [0, 0.05) is 23.8 Å². The minimum atomic E-state index is -0.226. The molecule has 1 aromatic heterocycles. The van der Waals surface area contributed by atoms with Crippen molar-refractivity contribution in [1.82, 2.24) is 20.0 Å². The van der Waals surface area contributed by atoms with Gasteiger partial charge < -0.3 is 10.2 Å². The van der Waals surface area contributed by atoms with Gasteiger partial charge in [0.2, 0.25) is 0 Å². The topological polar surface area (TPSA) is 33.1 Å². The largest absolute Gasteiger partial charge is 0.310 e. The molecule has 1 N–H and O–H groups in total. The normalized spacial score (nSPS) is 12.7. The summed E-state index contributed by atoms with van der Waals surface area (Å²) in [5.41, 5.74) is 4.25. The van der Waals surface area contributed by atoms with E-state index in [9.17, 15) is 4.39 Å². The number of hydrogen-bond acceptors (Lipinski definition) is 3. The van der Waals surface area contributed by atoms with Crippen LogP contribution in [0.15, 0.2) is 24.3 Å². The highest BCUT2D eigenvalue weighted by Crippen LogP contribution is 2.18. The molecule has 5 heteroatoms. The van der Waals surface area contributed by atoms with Crippen LogP contribution < -0.4 is 5.32 Å². The first-order valence-corrected chi connectivity index (χ1v) is 9.73. The van der Waals surface area contributed by atoms with E-state index in [0.29, 0.717) is 6.04 Å². The quantitative estimate of drug-likeness (QED) is 0.688. The lowest BCUT2D eigenvalue weighted by molar-refractivity contribution is 0.290. The molecule has 0 aliphatic rings. The molecule has 0 aliphatic carbocycles. The number of aromatic nitrogens is 2. The van der Waals surface area contributed by atoms with E-state index in [1.807, 2.05) is 11.6 Å². The monoisotopic (exact) mass is 360 g/mol. The first kappa shape index (κ1) is 20.6. The van der Waals surface area contributed by atoms with Gasteiger partial charge in [0.05, 0.1) is 11.4 Å². The number of nitrogens with one attached hydrogen (secondary N) is 1. The third kappa shape index (κ3) is 5.39. The lowest BCUT2D eigenvalue weighted by atomic mass is 10.1. The van der Waals surface area contributed by atoms with Gasteiger partial charge in [-0.2, -0.15) is 5.10 Å². The maximum Gasteiger partial charge on any atom is 0.123 e. The van der Waals surface area contributed by atoms with E-state index in [0.717, 1.165) is 36.7 Å². The van der Waals surface area contributed by atoms with Crippen molar-refractivity contribution >= 4 is 0 Å². The van der Waals surface area contributed by atoms with Gasteiger partial charge in [-0.1, -0.05) is 13.8 Å². The standard InChI is InChI=1S/C21H33FN4/c1-6-25(7-2)14-8-9-16(3)23-15-21-17(4)24-26(18(21)5)20-12-10-19(22)11-13-20/h10-13,16,23H,6-9,14-15H2,1-5H3/t16-/m0/s1. The molecule has 0 saturated heterocycles. The SMILES string of the molecule is CCN(CC)CCC[C@H](C)NCc1c(C)nn(-c2ccc(F)cc2)c1C. The molecule has 1 heterocycles. The van der Waals surface area contributed by atoms with E-state index in [-0.39, 0.29) is 5.82 Å². The summed E-state index contributed by atoms with van der Waals surface area (Å²) < 4.78 is 15.1. The van der Waals surface area contributed by atoms with Crippen LogP contribution >= 0.6 is 0 Å². The summed E-state index contributed by atoms with van der Waals surface area (Å²) in [5.74, 6) is -0.226. The Morgan fingerprint density at radius 1 is 1.15 bits per heavy atom. The molecule has 4 nitrogen and oxygen atoms in total. The second-order valence-electron chi connectivity index (χ2n) is 6.99. The van der Waals surface area contributed by atoms with Crippen LogP contribution in [0.3, 0.4) is 0 Å². The van der Waals surface area contributed by atoms with Gasteiger partial charge in [0.25, 0.3) is 0 Å². The molecule has 1 aromatic carbocycles. The Morgan fingerprint density at radius 3 is 2.42 bits per heavy atom. The van der Waals surface area contributed by atoms with E-state index in [1.165, 1.54) is 37.1 Å². The molecule has 0 spiro atoms. The van der Waals surface area contributed by atoms with Crippen molar-refractivity contribution in [1.29, 1.82) is 0 Å². The molecule has 2 aromatic rings. The Morgan fingerprint density at radius 2 is 1.81 bits per heavy atom. The molecule has 0 saturated carbocycles. The average Bonchev–Trinajstić information content (AvgIpc) is 2.91. The van der Waals surface area contributed by atoms with Crippen molar-refractivity contribution < 1.29 is 4.39 Å². The van der Waals surface area contributed by atoms with Crippen LogP contribution in [0, 0.1) is 19.7 Å². The van der Waals surface area contributed by atoms with Crippen molar-refractivity contribution in [2.45, 2.75) is 60.0 Å². The van der Waals surface area contributed by atoms with Crippen LogP contribution in [-0.2, 0) is 6.54 Å². The second kappa shape index (κ2) is 9.83. The number of hydrogen-bond donors (Lipinski definition) is 1. The maximum absolute atomic E-state index is 13.2. The fraction of sp³-hybridized carbons (Fsp3) is 0.571. The first-order valence-electron chi connectivity index (χ1n) is 9.73. The van der Waals surface area contributed by atoms with Gasteiger partial charge in [-0.05, 0) is 77.5 Å². The van der Waals surface area contributed by atoms with Crippen LogP contribution in [0.25, 0.3) is 5.69 Å². The van der Waals surface area contributed by atoms with Crippen molar-refractivity contribution in [3.05, 3.63) is 47.0 Å². The summed E-state index contributed by atoms with van der Waals surface area (Å²) in [7, 11) is 0. The highest BCUT2D eigenvalue weighted by Gasteiger charge is 2.14. The fourth-order valence-corrected chi connectivity index (χ4v) is 3.30. The summed E-state index contributed by atoms with van der Waals surface area (Å²) in [6.07, 6.45) is 2.38. The Hall–Kier alpha value is -1.72. The lowest BCUT2D eigenvalue weighted by Gasteiger charge is -2.20. The van der Waals surface area contributed by atoms with Crippen LogP contribution in [0.4, 0.5) is 4.39 Å². The Bertz CT molecular complexity index is 674. The van der Waals surface area contributed by atoms with Gasteiger partial charge in [0.15, 0.2) is 0 Å². The zero-order valence-electron chi connectivity index (χ0n) is 16.8. The molecule has 2 rings (SSSR count). The maximum atomic E-state index is 13.2. The number of halogens is 1. The van der Waals surface area contributed by atoms with E-state index in [4.69, 9.17) is 0 Å². The minimum Gasteiger partial charge on any atom is -0.310 e. The first-order chi connectivity index (χ1) is 12.5. The number of aryl methyl sites for hydroxylation is 1. The summed E-state index contributed by atoms with van der Waals surface area (Å²) in [6.45, 7) is 15.0. The zero-order valence-corrected chi connectivity index (χ0v) is 16.8. The predicted octanol–water partition coefficient (Wildman–Crippen LogP) is 4.23. The Kier molecular flexibility index (Phi) is 7.79. The Balaban J connectivity index is 1.92. The van der Waals surface area contributed by atoms with E-state index in [2.05, 4.69) is 43.0 Å². The molecule has 0 radical (unpaired) electrons. The van der Waals surface area contributed by atoms with Gasteiger partial charge in [-0.25, -0.2) is 9.07 Å². The van der Waals surface area contributed by atoms with Crippen LogP contribution in [0.5, 0.6) is 0 Å². The second-order valence-corrected chi connectivity index (χ2v) is 6.99. The van der Waals surface area contributed by atoms with Gasteiger partial charge in [-0.3, -0.25) is 0 Å². The summed E-state index contributed by atoms with van der Waals surface area (Å²) in [6, 6.07) is 6.95. The average molecular weight is 361 g/mol. The molecule has 1 atom stereocenters. The molecule has 0 aliphatic heterocycles. The molecule has 0 fully saturated rings. The lowest BCUT2D eigenvalue weighted by Crippen LogP contribution is -2.29. The number of benzene rings is 1. The summed E-state index contributed by atoms with van der Waals surface area (Å²) in [4.78, 5) is 2.47. The minimum absolute atomic E-state index is 0.226. The predicted molar refractivity (Wildman–Crippen MR) is 106 cm³/mol. The van der Waals surface area contributed by atoms with Crippen LogP contribution in [0.1, 0.15) is 50.6 Å². The molecular formula is C21H33FN4. The zero-order chi connectivity index (χ0) is 19.1. The molecular weight excluding hydrogens is 327 g/mol.